The number of nitrogens with two attached hydrogens (primary N) is 1. The summed E-state index contributed by atoms with van der Waals surface area (Å²) in [6.07, 6.45) is 5.06. The van der Waals surface area contributed by atoms with E-state index in [0.29, 0.717) is 0 Å². The lowest BCUT2D eigenvalue weighted by atomic mass is 10.1. The molecule has 0 saturated carbocycles. The Bertz CT molecular complexity index is 305. The van der Waals surface area contributed by atoms with E-state index in [1.165, 1.54) is 11.1 Å². The highest BCUT2D eigenvalue weighted by Gasteiger charge is 1.96. The summed E-state index contributed by atoms with van der Waals surface area (Å²) in [5.74, 6) is 0.770. The van der Waals surface area contributed by atoms with E-state index in [1.54, 1.807) is 0 Å². The minimum atomic E-state index is 0.770. The van der Waals surface area contributed by atoms with Gasteiger partial charge in [0.15, 0.2) is 0 Å². The number of nitrogen functional groups attached to an aromatic ring is 1. The van der Waals surface area contributed by atoms with Gasteiger partial charge >= 0.3 is 0 Å². The summed E-state index contributed by atoms with van der Waals surface area (Å²) in [6, 6.07) is 6.10. The highest BCUT2D eigenvalue weighted by molar-refractivity contribution is 7.80. The van der Waals surface area contributed by atoms with Crippen LogP contribution in [0.4, 0.5) is 5.69 Å². The molecule has 2 heteroatoms. The number of thiol groups is 1. The number of hydrogen-bond acceptors (Lipinski definition) is 2. The van der Waals surface area contributed by atoms with Crippen molar-refractivity contribution in [2.45, 2.75) is 13.3 Å². The topological polar surface area (TPSA) is 26.0 Å². The molecule has 0 spiro atoms. The fraction of sp³-hybridized carbons (Fsp3) is 0.273. The fourth-order valence-corrected chi connectivity index (χ4v) is 1.33. The SMILES string of the molecule is CCc1cc(C=CCS)ccc1N. The van der Waals surface area contributed by atoms with E-state index in [0.717, 1.165) is 17.9 Å². The first-order valence-corrected chi connectivity index (χ1v) is 5.07. The Balaban J connectivity index is 2.92. The normalized spacial score (nSPS) is 10.9. The third-order valence-corrected chi connectivity index (χ3v) is 2.17. The van der Waals surface area contributed by atoms with Gasteiger partial charge in [-0.3, -0.25) is 0 Å². The predicted molar refractivity (Wildman–Crippen MR) is 63.1 cm³/mol. The minimum Gasteiger partial charge on any atom is -0.399 e. The van der Waals surface area contributed by atoms with Crippen LogP contribution in [0.15, 0.2) is 24.3 Å². The van der Waals surface area contributed by atoms with Crippen LogP contribution in [0, 0.1) is 0 Å². The van der Waals surface area contributed by atoms with Gasteiger partial charge in [-0.1, -0.05) is 25.1 Å². The molecule has 1 rings (SSSR count). The number of anilines is 1. The van der Waals surface area contributed by atoms with Gasteiger partial charge in [0.25, 0.3) is 0 Å². The Kier molecular flexibility index (Phi) is 3.90. The zero-order valence-electron chi connectivity index (χ0n) is 7.83. The smallest absolute Gasteiger partial charge is 0.0346 e. The fourth-order valence-electron chi connectivity index (χ4n) is 1.22. The van der Waals surface area contributed by atoms with Gasteiger partial charge in [0.05, 0.1) is 0 Å². The first-order valence-electron chi connectivity index (χ1n) is 4.43. The number of aryl methyl sites for hydroxylation is 1. The molecule has 0 aliphatic carbocycles. The molecule has 1 aromatic carbocycles. The Morgan fingerprint density at radius 3 is 2.85 bits per heavy atom. The standard InChI is InChI=1S/C11H15NS/c1-2-10-8-9(4-3-7-13)5-6-11(10)12/h3-6,8,13H,2,7,12H2,1H3. The van der Waals surface area contributed by atoms with Crippen LogP contribution in [-0.2, 0) is 6.42 Å². The molecule has 0 aliphatic heterocycles. The Morgan fingerprint density at radius 1 is 1.46 bits per heavy atom. The van der Waals surface area contributed by atoms with Gasteiger partial charge in [-0.05, 0) is 29.7 Å². The van der Waals surface area contributed by atoms with E-state index >= 15 is 0 Å². The molecule has 0 bridgehead atoms. The first-order chi connectivity index (χ1) is 6.27. The highest BCUT2D eigenvalue weighted by atomic mass is 32.1. The molecule has 0 atom stereocenters. The molecule has 0 radical (unpaired) electrons. The molecule has 1 aromatic rings. The maximum absolute atomic E-state index is 5.79. The van der Waals surface area contributed by atoms with Gasteiger partial charge in [-0.15, -0.1) is 0 Å². The van der Waals surface area contributed by atoms with E-state index in [-0.39, 0.29) is 0 Å². The molecule has 70 valence electrons. The predicted octanol–water partition coefficient (Wildman–Crippen LogP) is 2.77. The summed E-state index contributed by atoms with van der Waals surface area (Å²) in [7, 11) is 0. The van der Waals surface area contributed by atoms with Crippen molar-refractivity contribution in [2.24, 2.45) is 0 Å². The average Bonchev–Trinajstić information content (AvgIpc) is 2.16. The van der Waals surface area contributed by atoms with Gasteiger partial charge in [0.2, 0.25) is 0 Å². The molecule has 0 saturated heterocycles. The minimum absolute atomic E-state index is 0.770. The Hall–Kier alpha value is -0.890. The van der Waals surface area contributed by atoms with Crippen LogP contribution in [0.25, 0.3) is 6.08 Å². The average molecular weight is 193 g/mol. The summed E-state index contributed by atoms with van der Waals surface area (Å²) >= 11 is 4.11. The lowest BCUT2D eigenvalue weighted by molar-refractivity contribution is 1.14. The van der Waals surface area contributed by atoms with Crippen molar-refractivity contribution >= 4 is 24.4 Å². The molecule has 0 heterocycles. The summed E-state index contributed by atoms with van der Waals surface area (Å²) in [6.45, 7) is 2.11. The number of hydrogen-bond donors (Lipinski definition) is 2. The Morgan fingerprint density at radius 2 is 2.23 bits per heavy atom. The molecule has 0 aromatic heterocycles. The van der Waals surface area contributed by atoms with E-state index in [4.69, 9.17) is 5.73 Å². The zero-order chi connectivity index (χ0) is 9.68. The quantitative estimate of drug-likeness (QED) is 0.560. The largest absolute Gasteiger partial charge is 0.399 e. The third-order valence-electron chi connectivity index (χ3n) is 1.96. The van der Waals surface area contributed by atoms with E-state index < -0.39 is 0 Å². The van der Waals surface area contributed by atoms with Crippen molar-refractivity contribution in [1.29, 1.82) is 0 Å². The summed E-state index contributed by atoms with van der Waals surface area (Å²) in [5.41, 5.74) is 9.07. The van der Waals surface area contributed by atoms with Gasteiger partial charge in [-0.2, -0.15) is 12.6 Å². The second kappa shape index (κ2) is 4.97. The third kappa shape index (κ3) is 2.81. The van der Waals surface area contributed by atoms with E-state index in [9.17, 15) is 0 Å². The van der Waals surface area contributed by atoms with Crippen molar-refractivity contribution in [3.63, 3.8) is 0 Å². The number of benzene rings is 1. The van der Waals surface area contributed by atoms with Crippen LogP contribution in [0.5, 0.6) is 0 Å². The van der Waals surface area contributed by atoms with Crippen molar-refractivity contribution in [3.05, 3.63) is 35.4 Å². The first kappa shape index (κ1) is 10.2. The molecular formula is C11H15NS. The molecule has 13 heavy (non-hydrogen) atoms. The van der Waals surface area contributed by atoms with Crippen LogP contribution in [0.1, 0.15) is 18.1 Å². The lowest BCUT2D eigenvalue weighted by Crippen LogP contribution is -1.92. The van der Waals surface area contributed by atoms with Gasteiger partial charge in [0, 0.05) is 11.4 Å². The molecule has 1 nitrogen and oxygen atoms in total. The van der Waals surface area contributed by atoms with E-state index in [1.807, 2.05) is 18.2 Å². The van der Waals surface area contributed by atoms with Crippen LogP contribution in [-0.4, -0.2) is 5.75 Å². The van der Waals surface area contributed by atoms with Crippen molar-refractivity contribution in [2.75, 3.05) is 11.5 Å². The maximum Gasteiger partial charge on any atom is 0.0346 e. The molecule has 0 unspecified atom stereocenters. The molecule has 0 aliphatic rings. The highest BCUT2D eigenvalue weighted by Crippen LogP contribution is 2.15. The number of rotatable bonds is 3. The summed E-state index contributed by atoms with van der Waals surface area (Å²) in [5, 5.41) is 0. The van der Waals surface area contributed by atoms with Crippen LogP contribution < -0.4 is 5.73 Å². The Labute approximate surface area is 85.1 Å². The molecule has 0 fully saturated rings. The maximum atomic E-state index is 5.79. The lowest BCUT2D eigenvalue weighted by Gasteiger charge is -2.03. The second-order valence-corrected chi connectivity index (χ2v) is 3.26. The van der Waals surface area contributed by atoms with Crippen LogP contribution in [0.2, 0.25) is 0 Å². The van der Waals surface area contributed by atoms with Gasteiger partial charge in [-0.25, -0.2) is 0 Å². The monoisotopic (exact) mass is 193 g/mol. The second-order valence-electron chi connectivity index (χ2n) is 2.90. The van der Waals surface area contributed by atoms with Crippen LogP contribution in [0.3, 0.4) is 0 Å². The van der Waals surface area contributed by atoms with E-state index in [2.05, 4.69) is 31.7 Å². The molecule has 0 amide bonds. The molecule has 2 N–H and O–H groups in total. The summed E-state index contributed by atoms with van der Waals surface area (Å²) < 4.78 is 0. The van der Waals surface area contributed by atoms with Crippen LogP contribution >= 0.6 is 12.6 Å². The van der Waals surface area contributed by atoms with Crippen molar-refractivity contribution < 1.29 is 0 Å². The van der Waals surface area contributed by atoms with Gasteiger partial charge in [0.1, 0.15) is 0 Å². The van der Waals surface area contributed by atoms with Crippen molar-refractivity contribution in [3.8, 4) is 0 Å². The van der Waals surface area contributed by atoms with Gasteiger partial charge < -0.3 is 5.73 Å². The summed E-state index contributed by atoms with van der Waals surface area (Å²) in [4.78, 5) is 0. The zero-order valence-corrected chi connectivity index (χ0v) is 8.72. The van der Waals surface area contributed by atoms with Crippen molar-refractivity contribution in [1.82, 2.24) is 0 Å². The molecular weight excluding hydrogens is 178 g/mol.